The highest BCUT2D eigenvalue weighted by molar-refractivity contribution is 5.92. The van der Waals surface area contributed by atoms with E-state index >= 15 is 0 Å². The zero-order chi connectivity index (χ0) is 22.9. The van der Waals surface area contributed by atoms with Crippen LogP contribution in [0.4, 0.5) is 5.69 Å². The van der Waals surface area contributed by atoms with Gasteiger partial charge < -0.3 is 15.2 Å². The van der Waals surface area contributed by atoms with Crippen molar-refractivity contribution >= 4 is 22.6 Å². The fourth-order valence-electron chi connectivity index (χ4n) is 3.67. The molecule has 1 aromatic carbocycles. The van der Waals surface area contributed by atoms with Crippen molar-refractivity contribution in [3.05, 3.63) is 63.8 Å². The predicted molar refractivity (Wildman–Crippen MR) is 112 cm³/mol. The van der Waals surface area contributed by atoms with E-state index in [2.05, 4.69) is 24.8 Å². The van der Waals surface area contributed by atoms with Crippen molar-refractivity contribution in [1.29, 1.82) is 0 Å². The van der Waals surface area contributed by atoms with Crippen molar-refractivity contribution in [1.82, 2.24) is 25.2 Å². The van der Waals surface area contributed by atoms with Crippen molar-refractivity contribution in [2.24, 2.45) is 0 Å². The average molecular weight is 395 g/mol. The Kier molecular flexibility index (Phi) is 4.32. The molecule has 8 heteroatoms. The maximum absolute atomic E-state index is 12.0. The number of H-pyrrole nitrogens is 1. The Morgan fingerprint density at radius 1 is 1.24 bits per heavy atom. The molecule has 4 rings (SSSR count). The second-order valence-electron chi connectivity index (χ2n) is 7.12. The second-order valence-corrected chi connectivity index (χ2v) is 7.12. The number of carbonyl (C=O) groups excluding carboxylic acids is 1. The number of piperazine rings is 1. The number of benzene rings is 1. The summed E-state index contributed by atoms with van der Waals surface area (Å²) in [6.07, 6.45) is 1.28. The Labute approximate surface area is 172 Å². The molecular formula is C21H24N6O2. The number of aromatic nitrogens is 3. The van der Waals surface area contributed by atoms with Gasteiger partial charge in [0.1, 0.15) is 5.69 Å². The van der Waals surface area contributed by atoms with E-state index in [1.54, 1.807) is 6.07 Å². The van der Waals surface area contributed by atoms with Crippen LogP contribution in [-0.4, -0.2) is 58.9 Å². The normalized spacial score (nSPS) is 16.9. The molecule has 0 saturated carbocycles. The van der Waals surface area contributed by atoms with Crippen LogP contribution in [0.15, 0.2) is 41.3 Å². The molecule has 1 saturated heterocycles. The first kappa shape index (κ1) is 15.6. The van der Waals surface area contributed by atoms with E-state index in [0.29, 0.717) is 5.69 Å². The molecule has 3 aromatic rings. The number of fused-ring (bicyclic) bond motifs is 1. The molecule has 2 N–H and O–H groups in total. The number of aryl methyl sites for hydroxylation is 1. The monoisotopic (exact) mass is 395 g/mol. The number of hydrogen-bond acceptors (Lipinski definition) is 6. The minimum atomic E-state index is -2.54. The number of anilines is 1. The van der Waals surface area contributed by atoms with E-state index in [-0.39, 0.29) is 11.3 Å². The largest absolute Gasteiger partial charge is 0.368 e. The SMILES string of the molecule is [2H]C([2H])([2H])NC(=O)c1ccc(N2CCN(Cc3ccc4ncc(=O)[nH]c4c3)CC2)c(C)n1. The smallest absolute Gasteiger partial charge is 0.269 e. The summed E-state index contributed by atoms with van der Waals surface area (Å²) < 4.78 is 21.5. The summed E-state index contributed by atoms with van der Waals surface area (Å²) >= 11 is 0. The molecule has 29 heavy (non-hydrogen) atoms. The van der Waals surface area contributed by atoms with Crippen molar-refractivity contribution in [3.63, 3.8) is 0 Å². The number of amides is 1. The molecule has 1 aliphatic heterocycles. The Morgan fingerprint density at radius 2 is 2.07 bits per heavy atom. The molecule has 0 bridgehead atoms. The lowest BCUT2D eigenvalue weighted by molar-refractivity contribution is 0.0958. The zero-order valence-electron chi connectivity index (χ0n) is 19.1. The highest BCUT2D eigenvalue weighted by Gasteiger charge is 2.20. The van der Waals surface area contributed by atoms with Gasteiger partial charge in [0.05, 0.1) is 28.6 Å². The summed E-state index contributed by atoms with van der Waals surface area (Å²) in [5.74, 6) is -0.712. The van der Waals surface area contributed by atoms with Crippen LogP contribution in [-0.2, 0) is 6.54 Å². The van der Waals surface area contributed by atoms with Crippen molar-refractivity contribution in [2.75, 3.05) is 38.1 Å². The third-order valence-corrected chi connectivity index (χ3v) is 5.16. The maximum Gasteiger partial charge on any atom is 0.269 e. The highest BCUT2D eigenvalue weighted by atomic mass is 16.1. The maximum atomic E-state index is 12.0. The lowest BCUT2D eigenvalue weighted by Gasteiger charge is -2.36. The van der Waals surface area contributed by atoms with Gasteiger partial charge in [0.2, 0.25) is 0 Å². The van der Waals surface area contributed by atoms with E-state index in [0.717, 1.165) is 55.0 Å². The Bertz CT molecular complexity index is 1200. The quantitative estimate of drug-likeness (QED) is 0.692. The molecule has 1 amide bonds. The fourth-order valence-corrected chi connectivity index (χ4v) is 3.67. The summed E-state index contributed by atoms with van der Waals surface area (Å²) in [4.78, 5) is 39.4. The molecule has 1 fully saturated rings. The number of rotatable bonds is 4. The molecule has 8 nitrogen and oxygen atoms in total. The van der Waals surface area contributed by atoms with Crippen LogP contribution in [0.2, 0.25) is 0 Å². The van der Waals surface area contributed by atoms with Gasteiger partial charge in [-0.05, 0) is 36.8 Å². The van der Waals surface area contributed by atoms with Gasteiger partial charge in [0.25, 0.3) is 11.5 Å². The first-order chi connectivity index (χ1) is 15.2. The molecular weight excluding hydrogens is 368 g/mol. The molecule has 0 radical (unpaired) electrons. The van der Waals surface area contributed by atoms with E-state index < -0.39 is 12.9 Å². The van der Waals surface area contributed by atoms with Gasteiger partial charge in [-0.1, -0.05) is 6.07 Å². The number of nitrogens with zero attached hydrogens (tertiary/aromatic N) is 4. The second kappa shape index (κ2) is 8.00. The van der Waals surface area contributed by atoms with Crippen molar-refractivity contribution in [2.45, 2.75) is 13.5 Å². The van der Waals surface area contributed by atoms with Crippen LogP contribution in [0.3, 0.4) is 0 Å². The fraction of sp³-hybridized carbons (Fsp3) is 0.333. The summed E-state index contributed by atoms with van der Waals surface area (Å²) in [6, 6.07) is 9.28. The summed E-state index contributed by atoms with van der Waals surface area (Å²) in [5, 5.41) is 1.96. The average Bonchev–Trinajstić information content (AvgIpc) is 2.73. The summed E-state index contributed by atoms with van der Waals surface area (Å²) in [6.45, 7) is 3.34. The van der Waals surface area contributed by atoms with Crippen molar-refractivity contribution in [3.8, 4) is 0 Å². The zero-order valence-corrected chi connectivity index (χ0v) is 16.1. The van der Waals surface area contributed by atoms with Gasteiger partial charge in [0.15, 0.2) is 0 Å². The third-order valence-electron chi connectivity index (χ3n) is 5.16. The van der Waals surface area contributed by atoms with Crippen LogP contribution in [0, 0.1) is 6.92 Å². The molecule has 150 valence electrons. The van der Waals surface area contributed by atoms with E-state index in [4.69, 9.17) is 4.11 Å². The number of aromatic amines is 1. The molecule has 0 atom stereocenters. The van der Waals surface area contributed by atoms with Gasteiger partial charge >= 0.3 is 0 Å². The van der Waals surface area contributed by atoms with Crippen LogP contribution >= 0.6 is 0 Å². The lowest BCUT2D eigenvalue weighted by atomic mass is 10.1. The van der Waals surface area contributed by atoms with Crippen LogP contribution in [0.5, 0.6) is 0 Å². The number of carbonyl (C=O) groups is 1. The van der Waals surface area contributed by atoms with E-state index in [1.165, 1.54) is 6.20 Å². The molecule has 1 aliphatic rings. The molecule has 0 spiro atoms. The van der Waals surface area contributed by atoms with Crippen molar-refractivity contribution < 1.29 is 8.91 Å². The number of nitrogens with one attached hydrogen (secondary N) is 2. The third kappa shape index (κ3) is 4.12. The Hall–Kier alpha value is -3.26. The van der Waals surface area contributed by atoms with Gasteiger partial charge in [0, 0.05) is 43.8 Å². The molecule has 0 unspecified atom stereocenters. The first-order valence-electron chi connectivity index (χ1n) is 10.9. The lowest BCUT2D eigenvalue weighted by Crippen LogP contribution is -2.46. The summed E-state index contributed by atoms with van der Waals surface area (Å²) in [5.41, 5.74) is 4.10. The first-order valence-corrected chi connectivity index (χ1v) is 9.43. The van der Waals surface area contributed by atoms with E-state index in [9.17, 15) is 9.59 Å². The Morgan fingerprint density at radius 3 is 2.83 bits per heavy atom. The van der Waals surface area contributed by atoms with Gasteiger partial charge in [-0.15, -0.1) is 0 Å². The minimum absolute atomic E-state index is 0.0878. The van der Waals surface area contributed by atoms with Crippen LogP contribution in [0.1, 0.15) is 25.9 Å². The topological polar surface area (TPSA) is 94.2 Å². The molecule has 2 aromatic heterocycles. The van der Waals surface area contributed by atoms with Gasteiger partial charge in [-0.3, -0.25) is 14.5 Å². The number of hydrogen-bond donors (Lipinski definition) is 2. The molecule has 0 aliphatic carbocycles. The number of pyridine rings is 1. The predicted octanol–water partition coefficient (Wildman–Crippen LogP) is 1.31. The Balaban J connectivity index is 1.38. The standard InChI is InChI=1S/C21H24N6O2/c1-14-19(6-5-17(24-14)21(29)22-2)27-9-7-26(8-10-27)13-15-3-4-16-18(11-15)25-20(28)12-23-16/h3-6,11-12H,7-10,13H2,1-2H3,(H,22,29)(H,25,28)/i2D3. The highest BCUT2D eigenvalue weighted by Crippen LogP contribution is 2.21. The minimum Gasteiger partial charge on any atom is -0.368 e. The van der Waals surface area contributed by atoms with E-state index in [1.807, 2.05) is 36.5 Å². The van der Waals surface area contributed by atoms with Gasteiger partial charge in [-0.2, -0.15) is 0 Å². The molecule has 3 heterocycles. The summed E-state index contributed by atoms with van der Waals surface area (Å²) in [7, 11) is 0. The van der Waals surface area contributed by atoms with Crippen LogP contribution in [0.25, 0.3) is 11.0 Å². The van der Waals surface area contributed by atoms with Crippen LogP contribution < -0.4 is 15.8 Å². The van der Waals surface area contributed by atoms with Gasteiger partial charge in [-0.25, -0.2) is 9.97 Å².